The fourth-order valence-electron chi connectivity index (χ4n) is 3.32. The van der Waals surface area contributed by atoms with Gasteiger partial charge < -0.3 is 15.4 Å². The lowest BCUT2D eigenvalue weighted by Crippen LogP contribution is -2.20. The van der Waals surface area contributed by atoms with Crippen molar-refractivity contribution in [1.29, 1.82) is 0 Å². The van der Waals surface area contributed by atoms with E-state index in [9.17, 15) is 4.79 Å². The van der Waals surface area contributed by atoms with E-state index in [1.165, 1.54) is 16.9 Å². The Balaban J connectivity index is 1.51. The van der Waals surface area contributed by atoms with Crippen molar-refractivity contribution in [3.63, 3.8) is 0 Å². The highest BCUT2D eigenvalue weighted by Crippen LogP contribution is 2.35. The van der Waals surface area contributed by atoms with Crippen molar-refractivity contribution in [2.24, 2.45) is 0 Å². The molecule has 0 unspecified atom stereocenters. The van der Waals surface area contributed by atoms with Gasteiger partial charge in [-0.1, -0.05) is 65.8 Å². The van der Waals surface area contributed by atoms with E-state index in [1.54, 1.807) is 18.7 Å². The van der Waals surface area contributed by atoms with Crippen LogP contribution in [0.3, 0.4) is 0 Å². The molecule has 0 saturated carbocycles. The molecule has 8 heteroatoms. The van der Waals surface area contributed by atoms with Crippen LogP contribution in [0.25, 0.3) is 0 Å². The van der Waals surface area contributed by atoms with Gasteiger partial charge in [-0.2, -0.15) is 0 Å². The fraction of sp³-hybridized carbons (Fsp3) is 0.111. The van der Waals surface area contributed by atoms with E-state index < -0.39 is 0 Å². The summed E-state index contributed by atoms with van der Waals surface area (Å²) >= 11 is 14.7. The van der Waals surface area contributed by atoms with Gasteiger partial charge in [0, 0.05) is 26.1 Å². The number of hydrogen-bond acceptors (Lipinski definition) is 5. The van der Waals surface area contributed by atoms with Crippen LogP contribution in [-0.2, 0) is 11.2 Å². The molecule has 0 atom stereocenters. The van der Waals surface area contributed by atoms with Gasteiger partial charge >= 0.3 is 5.97 Å². The molecule has 35 heavy (non-hydrogen) atoms. The number of esters is 1. The summed E-state index contributed by atoms with van der Waals surface area (Å²) < 4.78 is 5.28. The van der Waals surface area contributed by atoms with E-state index >= 15 is 0 Å². The van der Waals surface area contributed by atoms with Crippen molar-refractivity contribution in [3.8, 4) is 0 Å². The number of carbonyl (C=O) groups excluding carboxylic acids is 1. The molecule has 0 saturated heterocycles. The summed E-state index contributed by atoms with van der Waals surface area (Å²) in [6, 6.07) is 27.6. The van der Waals surface area contributed by atoms with Gasteiger partial charge in [-0.15, -0.1) is 11.3 Å². The van der Waals surface area contributed by atoms with Gasteiger partial charge in [0.1, 0.15) is 5.00 Å². The lowest BCUT2D eigenvalue weighted by Gasteiger charge is -2.14. The molecule has 1 heterocycles. The number of thiophene rings is 1. The standard InChI is InChI=1S/C27H23ClN2O2S3/c1-2-32-26(31)22-17-21(16-18-8-4-3-5-9-18)35-25(22)30-27(33)29-23-10-6-7-11-24(23)34-20-14-12-19(28)13-15-20/h3-15,17H,2,16H2,1H3,(H2,29,30,33). The zero-order chi connectivity index (χ0) is 24.6. The number of halogens is 1. The lowest BCUT2D eigenvalue weighted by atomic mass is 10.1. The van der Waals surface area contributed by atoms with Gasteiger partial charge in [-0.05, 0) is 67.2 Å². The van der Waals surface area contributed by atoms with Crippen molar-refractivity contribution in [2.45, 2.75) is 23.1 Å². The highest BCUT2D eigenvalue weighted by Gasteiger charge is 2.19. The normalized spacial score (nSPS) is 10.6. The number of para-hydroxylation sites is 1. The van der Waals surface area contributed by atoms with Crippen LogP contribution < -0.4 is 10.6 Å². The van der Waals surface area contributed by atoms with Crippen LogP contribution >= 0.6 is 46.9 Å². The molecular weight excluding hydrogens is 516 g/mol. The highest BCUT2D eigenvalue weighted by molar-refractivity contribution is 7.99. The summed E-state index contributed by atoms with van der Waals surface area (Å²) in [5.74, 6) is -0.368. The maximum absolute atomic E-state index is 12.6. The SMILES string of the molecule is CCOC(=O)c1cc(Cc2ccccc2)sc1NC(=S)Nc1ccccc1Sc1ccc(Cl)cc1. The van der Waals surface area contributed by atoms with Crippen molar-refractivity contribution in [3.05, 3.63) is 106 Å². The quantitative estimate of drug-likeness (QED) is 0.174. The highest BCUT2D eigenvalue weighted by atomic mass is 35.5. The van der Waals surface area contributed by atoms with Crippen molar-refractivity contribution in [2.75, 3.05) is 17.2 Å². The predicted octanol–water partition coefficient (Wildman–Crippen LogP) is 8.13. The first-order valence-electron chi connectivity index (χ1n) is 11.0. The third-order valence-corrected chi connectivity index (χ3v) is 7.49. The summed E-state index contributed by atoms with van der Waals surface area (Å²) in [7, 11) is 0. The number of rotatable bonds is 8. The maximum Gasteiger partial charge on any atom is 0.341 e. The molecule has 3 aromatic carbocycles. The molecule has 1 aromatic heterocycles. The number of nitrogens with one attached hydrogen (secondary N) is 2. The number of hydrogen-bond donors (Lipinski definition) is 2. The second kappa shape index (κ2) is 12.2. The molecule has 0 aliphatic rings. The Hall–Kier alpha value is -2.84. The number of anilines is 2. The van der Waals surface area contributed by atoms with Crippen LogP contribution in [-0.4, -0.2) is 17.7 Å². The first-order valence-corrected chi connectivity index (χ1v) is 13.4. The second-order valence-electron chi connectivity index (χ2n) is 7.47. The van der Waals surface area contributed by atoms with Crippen LogP contribution in [0.2, 0.25) is 5.02 Å². The monoisotopic (exact) mass is 538 g/mol. The zero-order valence-electron chi connectivity index (χ0n) is 18.9. The Bertz CT molecular complexity index is 1310. The number of carbonyl (C=O) groups is 1. The van der Waals surface area contributed by atoms with Gasteiger partial charge in [0.15, 0.2) is 5.11 Å². The molecule has 0 spiro atoms. The van der Waals surface area contributed by atoms with E-state index in [0.717, 1.165) is 26.8 Å². The molecular formula is C27H23ClN2O2S3. The average molecular weight is 539 g/mol. The Labute approximate surface area is 223 Å². The molecule has 0 bridgehead atoms. The van der Waals surface area contributed by atoms with Gasteiger partial charge in [-0.25, -0.2) is 4.79 Å². The maximum atomic E-state index is 12.6. The molecule has 0 radical (unpaired) electrons. The smallest absolute Gasteiger partial charge is 0.341 e. The minimum atomic E-state index is -0.368. The molecule has 0 aliphatic heterocycles. The topological polar surface area (TPSA) is 50.4 Å². The third-order valence-electron chi connectivity index (χ3n) is 4.90. The van der Waals surface area contributed by atoms with E-state index in [1.807, 2.05) is 72.8 Å². The van der Waals surface area contributed by atoms with Gasteiger partial charge in [0.25, 0.3) is 0 Å². The van der Waals surface area contributed by atoms with E-state index in [2.05, 4.69) is 22.8 Å². The van der Waals surface area contributed by atoms with Gasteiger partial charge in [0.2, 0.25) is 0 Å². The Morgan fingerprint density at radius 2 is 1.71 bits per heavy atom. The molecule has 2 N–H and O–H groups in total. The average Bonchev–Trinajstić information content (AvgIpc) is 3.24. The van der Waals surface area contributed by atoms with Crippen LogP contribution in [0.15, 0.2) is 94.7 Å². The van der Waals surface area contributed by atoms with Crippen molar-refractivity contribution in [1.82, 2.24) is 0 Å². The van der Waals surface area contributed by atoms with Gasteiger partial charge in [-0.3, -0.25) is 0 Å². The Kier molecular flexibility index (Phi) is 8.82. The van der Waals surface area contributed by atoms with E-state index in [-0.39, 0.29) is 5.97 Å². The molecule has 0 aliphatic carbocycles. The van der Waals surface area contributed by atoms with Crippen molar-refractivity contribution < 1.29 is 9.53 Å². The molecule has 4 rings (SSSR count). The zero-order valence-corrected chi connectivity index (χ0v) is 22.1. The largest absolute Gasteiger partial charge is 0.462 e. The summed E-state index contributed by atoms with van der Waals surface area (Å²) in [4.78, 5) is 15.7. The Morgan fingerprint density at radius 3 is 2.46 bits per heavy atom. The minimum absolute atomic E-state index is 0.306. The molecule has 0 amide bonds. The fourth-order valence-corrected chi connectivity index (χ4v) is 5.71. The van der Waals surface area contributed by atoms with Crippen LogP contribution in [0, 0.1) is 0 Å². The van der Waals surface area contributed by atoms with E-state index in [0.29, 0.717) is 27.3 Å². The summed E-state index contributed by atoms with van der Waals surface area (Å²) in [5.41, 5.74) is 2.52. The van der Waals surface area contributed by atoms with Crippen LogP contribution in [0.5, 0.6) is 0 Å². The summed E-state index contributed by atoms with van der Waals surface area (Å²) in [5, 5.41) is 8.25. The number of ether oxygens (including phenoxy) is 1. The van der Waals surface area contributed by atoms with Gasteiger partial charge in [0.05, 0.1) is 17.9 Å². The molecule has 0 fully saturated rings. The molecule has 4 nitrogen and oxygen atoms in total. The number of thiocarbonyl (C=S) groups is 1. The summed E-state index contributed by atoms with van der Waals surface area (Å²) in [6.45, 7) is 2.10. The molecule has 178 valence electrons. The van der Waals surface area contributed by atoms with Crippen LogP contribution in [0.4, 0.5) is 10.7 Å². The lowest BCUT2D eigenvalue weighted by molar-refractivity contribution is 0.0528. The first-order chi connectivity index (χ1) is 17.0. The number of benzene rings is 3. The predicted molar refractivity (Wildman–Crippen MR) is 151 cm³/mol. The van der Waals surface area contributed by atoms with E-state index in [4.69, 9.17) is 28.6 Å². The second-order valence-corrected chi connectivity index (χ2v) is 10.6. The van der Waals surface area contributed by atoms with Crippen molar-refractivity contribution >= 4 is 68.7 Å². The Morgan fingerprint density at radius 1 is 1.00 bits per heavy atom. The van der Waals surface area contributed by atoms with Crippen LogP contribution in [0.1, 0.15) is 27.7 Å². The molecule has 4 aromatic rings. The first kappa shape index (κ1) is 25.3. The minimum Gasteiger partial charge on any atom is -0.462 e. The summed E-state index contributed by atoms with van der Waals surface area (Å²) in [6.07, 6.45) is 0.723. The third kappa shape index (κ3) is 7.08.